The molecule has 0 bridgehead atoms. The molecule has 16 nitrogen and oxygen atoms in total. The Morgan fingerprint density at radius 2 is 1.18 bits per heavy atom. The maximum atomic E-state index is 13.3. The molecular weight excluding hydrogens is 576 g/mol. The van der Waals surface area contributed by atoms with Gasteiger partial charge in [0.25, 0.3) is 0 Å². The number of aromatic hydroxyl groups is 2. The van der Waals surface area contributed by atoms with Crippen LogP contribution in [0.4, 0.5) is 0 Å². The highest BCUT2D eigenvalue weighted by Crippen LogP contribution is 2.13. The highest BCUT2D eigenvalue weighted by atomic mass is 16.4. The fourth-order valence-electron chi connectivity index (χ4n) is 4.05. The van der Waals surface area contributed by atoms with Gasteiger partial charge in [-0.1, -0.05) is 24.3 Å². The Morgan fingerprint density at radius 3 is 1.68 bits per heavy atom. The number of carboxylic acids is 1. The summed E-state index contributed by atoms with van der Waals surface area (Å²) in [4.78, 5) is 66.8. The van der Waals surface area contributed by atoms with Crippen molar-refractivity contribution in [2.24, 2.45) is 27.9 Å². The molecule has 2 aromatic carbocycles. The minimum Gasteiger partial charge on any atom is -0.508 e. The molecule has 0 saturated carbocycles. The van der Waals surface area contributed by atoms with Crippen LogP contribution in [-0.4, -0.2) is 81.6 Å². The molecule has 16 heteroatoms. The molecule has 0 fully saturated rings. The van der Waals surface area contributed by atoms with Gasteiger partial charge in [0.05, 0.1) is 12.5 Å². The van der Waals surface area contributed by atoms with Gasteiger partial charge in [-0.15, -0.1) is 0 Å². The van der Waals surface area contributed by atoms with Crippen LogP contribution in [0.1, 0.15) is 30.4 Å². The molecule has 4 amide bonds. The lowest BCUT2D eigenvalue weighted by atomic mass is 10.0. The Kier molecular flexibility index (Phi) is 13.4. The van der Waals surface area contributed by atoms with E-state index in [-0.39, 0.29) is 49.7 Å². The molecule has 0 radical (unpaired) electrons. The third kappa shape index (κ3) is 12.2. The average molecular weight is 615 g/mol. The van der Waals surface area contributed by atoms with Gasteiger partial charge in [-0.2, -0.15) is 0 Å². The maximum absolute atomic E-state index is 13.3. The standard InChI is InChI=1S/C28H38N8O8/c29-19(12-15-3-7-17(37)8-4-15)24(40)34-20(2-1-11-33-28(31)32)25(41)35-21(14-23(30)39)26(42)36-22(27(43)44)13-16-5-9-18(38)10-6-16/h3-10,19-22,37-38H,1-2,11-14,29H2,(H2,30,39)(H,34,40)(H,35,41)(H,36,42)(H,43,44)(H4,31,32,33). The number of rotatable bonds is 17. The molecule has 0 saturated heterocycles. The smallest absolute Gasteiger partial charge is 0.326 e. The molecule has 0 aromatic heterocycles. The number of carbonyl (C=O) groups excluding carboxylic acids is 4. The maximum Gasteiger partial charge on any atom is 0.326 e. The van der Waals surface area contributed by atoms with Gasteiger partial charge in [-0.05, 0) is 54.7 Å². The van der Waals surface area contributed by atoms with Crippen molar-refractivity contribution in [1.82, 2.24) is 16.0 Å². The van der Waals surface area contributed by atoms with Gasteiger partial charge < -0.3 is 54.2 Å². The number of amides is 4. The molecular formula is C28H38N8O8. The summed E-state index contributed by atoms with van der Waals surface area (Å²) in [5.74, 6) is -5.09. The number of aliphatic imine (C=N–C) groups is 1. The third-order valence-corrected chi connectivity index (χ3v) is 6.34. The van der Waals surface area contributed by atoms with E-state index in [4.69, 9.17) is 22.9 Å². The molecule has 0 heterocycles. The van der Waals surface area contributed by atoms with Crippen LogP contribution in [0, 0.1) is 0 Å². The van der Waals surface area contributed by atoms with Crippen molar-refractivity contribution < 1.29 is 39.3 Å². The summed E-state index contributed by atoms with van der Waals surface area (Å²) in [5, 5.41) is 35.8. The van der Waals surface area contributed by atoms with E-state index < -0.39 is 60.2 Å². The van der Waals surface area contributed by atoms with Crippen LogP contribution in [0.5, 0.6) is 11.5 Å². The second-order valence-electron chi connectivity index (χ2n) is 9.99. The number of carbonyl (C=O) groups is 5. The van der Waals surface area contributed by atoms with Crippen molar-refractivity contribution in [2.45, 2.75) is 56.3 Å². The zero-order valence-electron chi connectivity index (χ0n) is 23.8. The zero-order chi connectivity index (χ0) is 32.8. The predicted octanol–water partition coefficient (Wildman–Crippen LogP) is -2.32. The molecule has 44 heavy (non-hydrogen) atoms. The number of phenols is 2. The number of benzene rings is 2. The number of nitrogens with one attached hydrogen (secondary N) is 3. The predicted molar refractivity (Wildman–Crippen MR) is 159 cm³/mol. The Hall–Kier alpha value is -5.38. The topological polar surface area (TPSA) is 299 Å². The van der Waals surface area contributed by atoms with Crippen LogP contribution in [-0.2, 0) is 36.8 Å². The monoisotopic (exact) mass is 614 g/mol. The Balaban J connectivity index is 2.18. The van der Waals surface area contributed by atoms with E-state index >= 15 is 0 Å². The van der Waals surface area contributed by atoms with Crippen LogP contribution in [0.25, 0.3) is 0 Å². The number of guanidine groups is 1. The number of hydrogen-bond acceptors (Lipinski definition) is 9. The minimum atomic E-state index is -1.58. The van der Waals surface area contributed by atoms with Gasteiger partial charge in [0, 0.05) is 13.0 Å². The number of carboxylic acid groups (broad SMARTS) is 1. The van der Waals surface area contributed by atoms with Crippen molar-refractivity contribution in [2.75, 3.05) is 6.54 Å². The lowest BCUT2D eigenvalue weighted by Crippen LogP contribution is -2.58. The van der Waals surface area contributed by atoms with Crippen LogP contribution in [0.15, 0.2) is 53.5 Å². The summed E-state index contributed by atoms with van der Waals surface area (Å²) in [6, 6.07) is 6.32. The molecule has 2 aromatic rings. The van der Waals surface area contributed by atoms with Gasteiger partial charge in [0.1, 0.15) is 29.6 Å². The summed E-state index contributed by atoms with van der Waals surface area (Å²) in [6.45, 7) is 0.115. The van der Waals surface area contributed by atoms with Gasteiger partial charge in [-0.3, -0.25) is 24.2 Å². The number of nitrogens with zero attached hydrogens (tertiary/aromatic N) is 1. The van der Waals surface area contributed by atoms with Crippen LogP contribution >= 0.6 is 0 Å². The van der Waals surface area contributed by atoms with E-state index in [1.54, 1.807) is 12.1 Å². The van der Waals surface area contributed by atoms with E-state index in [0.29, 0.717) is 11.1 Å². The molecule has 0 aliphatic heterocycles. The van der Waals surface area contributed by atoms with Crippen molar-refractivity contribution in [3.63, 3.8) is 0 Å². The van der Waals surface area contributed by atoms with Crippen molar-refractivity contribution in [3.05, 3.63) is 59.7 Å². The normalized spacial score (nSPS) is 13.4. The highest BCUT2D eigenvalue weighted by molar-refractivity contribution is 5.96. The molecule has 2 rings (SSSR count). The second-order valence-corrected chi connectivity index (χ2v) is 9.99. The average Bonchev–Trinajstić information content (AvgIpc) is 2.95. The largest absolute Gasteiger partial charge is 0.508 e. The van der Waals surface area contributed by atoms with E-state index in [1.807, 2.05) is 0 Å². The Labute approximate surface area is 252 Å². The summed E-state index contributed by atoms with van der Waals surface area (Å²) in [5.41, 5.74) is 23.1. The number of nitrogens with two attached hydrogens (primary N) is 4. The molecule has 4 unspecified atom stereocenters. The van der Waals surface area contributed by atoms with Gasteiger partial charge in [0.15, 0.2) is 5.96 Å². The third-order valence-electron chi connectivity index (χ3n) is 6.34. The number of aliphatic carboxylic acids is 1. The van der Waals surface area contributed by atoms with Crippen LogP contribution in [0.3, 0.4) is 0 Å². The first kappa shape index (κ1) is 34.8. The quantitative estimate of drug-likeness (QED) is 0.0512. The number of phenolic OH excluding ortho intramolecular Hbond substituents is 2. The Bertz CT molecular complexity index is 1330. The van der Waals surface area contributed by atoms with Crippen molar-refractivity contribution >= 4 is 35.6 Å². The first-order valence-electron chi connectivity index (χ1n) is 13.5. The summed E-state index contributed by atoms with van der Waals surface area (Å²) in [7, 11) is 0. The van der Waals surface area contributed by atoms with E-state index in [9.17, 15) is 39.3 Å². The SMILES string of the molecule is NC(=O)CC(NC(=O)C(CCCN=C(N)N)NC(=O)C(N)Cc1ccc(O)cc1)C(=O)NC(Cc1ccc(O)cc1)C(=O)O. The first-order chi connectivity index (χ1) is 20.7. The minimum absolute atomic E-state index is 0.00377. The second kappa shape index (κ2) is 16.9. The van der Waals surface area contributed by atoms with Gasteiger partial charge >= 0.3 is 5.97 Å². The van der Waals surface area contributed by atoms with Crippen LogP contribution in [0.2, 0.25) is 0 Å². The van der Waals surface area contributed by atoms with Gasteiger partial charge in [0.2, 0.25) is 23.6 Å². The van der Waals surface area contributed by atoms with Crippen molar-refractivity contribution in [3.8, 4) is 11.5 Å². The van der Waals surface area contributed by atoms with E-state index in [1.165, 1.54) is 36.4 Å². The summed E-state index contributed by atoms with van der Waals surface area (Å²) < 4.78 is 0. The van der Waals surface area contributed by atoms with Crippen LogP contribution < -0.4 is 38.9 Å². The lowest BCUT2D eigenvalue weighted by Gasteiger charge is -2.25. The van der Waals surface area contributed by atoms with Crippen molar-refractivity contribution in [1.29, 1.82) is 0 Å². The molecule has 0 spiro atoms. The molecule has 238 valence electrons. The summed E-state index contributed by atoms with van der Waals surface area (Å²) in [6.07, 6.45) is -0.522. The first-order valence-corrected chi connectivity index (χ1v) is 13.5. The fourth-order valence-corrected chi connectivity index (χ4v) is 4.05. The summed E-state index contributed by atoms with van der Waals surface area (Å²) >= 11 is 0. The lowest BCUT2D eigenvalue weighted by molar-refractivity contribution is -0.142. The van der Waals surface area contributed by atoms with Gasteiger partial charge in [-0.25, -0.2) is 4.79 Å². The number of hydrogen-bond donors (Lipinski definition) is 10. The Morgan fingerprint density at radius 1 is 0.705 bits per heavy atom. The fraction of sp³-hybridized carbons (Fsp3) is 0.357. The molecule has 0 aliphatic rings. The van der Waals surface area contributed by atoms with E-state index in [0.717, 1.165) is 0 Å². The zero-order valence-corrected chi connectivity index (χ0v) is 23.8. The highest BCUT2D eigenvalue weighted by Gasteiger charge is 2.31. The molecule has 14 N–H and O–H groups in total. The molecule has 4 atom stereocenters. The molecule has 0 aliphatic carbocycles. The van der Waals surface area contributed by atoms with E-state index in [2.05, 4.69) is 20.9 Å². The number of primary amides is 1.